The standard InChI is InChI=1S/C29H41F2N5O.C22H33N5/c1-19(2)27-34-33-20(3)36(27)25-17-23-9-10-24(18-25)35(23)16-13-26(21-7-5-4-6-8-21)32-28(37)22-11-14-29(30,31)15-12-22;1-15(2)22-25-24-16(3)27(22)20-13-18-9-10-19(14-20)26(18)12-11-21(23)17-7-5-4-6-8-17/h4-8,19,22-26H,9-18H2,1-3H3,(H,32,37);4-8,15,18-21H,9-14,23H2,1-3H3/t23?,24?,25?,26-;18?,19?,20?,21-/m00/s1/i3D3,4D,5D,6D,7D,8D,13D2,16D2,26D;3D3,4D,5D,6D,7D,8D,11D2,12D2,21D. The lowest BCUT2D eigenvalue weighted by Gasteiger charge is -2.40. The van der Waals surface area contributed by atoms with Gasteiger partial charge in [0.1, 0.15) is 23.3 Å². The van der Waals surface area contributed by atoms with Crippen LogP contribution in [0.4, 0.5) is 8.78 Å². The van der Waals surface area contributed by atoms with Crippen molar-refractivity contribution in [2.45, 2.75) is 197 Å². The van der Waals surface area contributed by atoms with E-state index in [1.54, 1.807) is 9.13 Å². The van der Waals surface area contributed by atoms with Gasteiger partial charge in [0, 0.05) is 105 Å². The molecule has 4 bridgehead atoms. The van der Waals surface area contributed by atoms with Crippen molar-refractivity contribution in [3.63, 3.8) is 0 Å². The van der Waals surface area contributed by atoms with Crippen LogP contribution in [0.1, 0.15) is 224 Å². The highest BCUT2D eigenvalue weighted by molar-refractivity contribution is 5.79. The van der Waals surface area contributed by atoms with Gasteiger partial charge in [0.25, 0.3) is 0 Å². The van der Waals surface area contributed by atoms with Gasteiger partial charge in [0.2, 0.25) is 11.8 Å². The van der Waals surface area contributed by atoms with Crippen molar-refractivity contribution in [2.24, 2.45) is 11.7 Å². The molecule has 348 valence electrons. The average molecular weight is 907 g/mol. The number of nitrogens with one attached hydrogen (secondary N) is 1. The Kier molecular flexibility index (Phi) is 7.61. The number of piperidine rings is 2. The average Bonchev–Trinajstić information content (AvgIpc) is 1.07. The summed E-state index contributed by atoms with van der Waals surface area (Å²) in [6.45, 7) is -3.74. The first-order valence-corrected chi connectivity index (χ1v) is 22.2. The Morgan fingerprint density at radius 1 is 0.719 bits per heavy atom. The van der Waals surface area contributed by atoms with Crippen LogP contribution >= 0.6 is 0 Å². The summed E-state index contributed by atoms with van der Waals surface area (Å²) < 4.78 is 252. The van der Waals surface area contributed by atoms with Gasteiger partial charge in [-0.25, -0.2) is 8.78 Å². The van der Waals surface area contributed by atoms with E-state index in [1.807, 2.05) is 27.7 Å². The molecule has 1 aliphatic carbocycles. The number of halogens is 2. The van der Waals surface area contributed by atoms with Gasteiger partial charge >= 0.3 is 0 Å². The summed E-state index contributed by atoms with van der Waals surface area (Å²) in [5.74, 6) is -4.98. The van der Waals surface area contributed by atoms with E-state index < -0.39 is 184 Å². The minimum Gasteiger partial charge on any atom is -0.349 e. The Balaban J connectivity index is 0.000000238. The second-order valence-electron chi connectivity index (χ2n) is 18.0. The molecular formula is C51H74F2N10O. The summed E-state index contributed by atoms with van der Waals surface area (Å²) in [5, 5.41) is 18.3. The first-order valence-electron chi connectivity index (χ1n) is 35.2. The smallest absolute Gasteiger partial charge is 0.248 e. The summed E-state index contributed by atoms with van der Waals surface area (Å²) in [6, 6.07) is -18.6. The number of fused-ring (bicyclic) bond motifs is 4. The predicted molar refractivity (Wildman–Crippen MR) is 248 cm³/mol. The van der Waals surface area contributed by atoms with Crippen LogP contribution in [0.3, 0.4) is 0 Å². The highest BCUT2D eigenvalue weighted by Gasteiger charge is 2.44. The quantitative estimate of drug-likeness (QED) is 0.128. The molecular weight excluding hydrogens is 807 g/mol. The topological polar surface area (TPSA) is 123 Å². The lowest BCUT2D eigenvalue weighted by molar-refractivity contribution is -0.130. The Morgan fingerprint density at radius 3 is 1.59 bits per heavy atom. The van der Waals surface area contributed by atoms with Gasteiger partial charge in [-0.2, -0.15) is 0 Å². The van der Waals surface area contributed by atoms with Crippen LogP contribution in [0.15, 0.2) is 60.4 Å². The van der Waals surface area contributed by atoms with Gasteiger partial charge < -0.3 is 20.2 Å². The summed E-state index contributed by atoms with van der Waals surface area (Å²) in [6.07, 6.45) is -6.10. The summed E-state index contributed by atoms with van der Waals surface area (Å²) in [5.41, 5.74) is 4.28. The van der Waals surface area contributed by atoms with E-state index in [4.69, 9.17) is 34.5 Å². The number of hydrogen-bond donors (Lipinski definition) is 2. The van der Waals surface area contributed by atoms with Crippen LogP contribution in [-0.4, -0.2) is 88.3 Å². The molecule has 4 saturated heterocycles. The van der Waals surface area contributed by atoms with E-state index in [-0.39, 0.29) is 68.1 Å². The molecule has 1 amide bonds. The molecule has 6 heterocycles. The summed E-state index contributed by atoms with van der Waals surface area (Å²) in [7, 11) is 0. The van der Waals surface area contributed by atoms with Gasteiger partial charge in [0.05, 0.1) is 22.5 Å². The van der Waals surface area contributed by atoms with Gasteiger partial charge in [-0.15, -0.1) is 20.4 Å². The normalized spacial score (nSPS) is 35.0. The minimum atomic E-state index is -3.53. The predicted octanol–water partition coefficient (Wildman–Crippen LogP) is 9.92. The fraction of sp³-hybridized carbons (Fsp3) is 0.667. The highest BCUT2D eigenvalue weighted by Crippen LogP contribution is 2.44. The molecule has 64 heavy (non-hydrogen) atoms. The van der Waals surface area contributed by atoms with Crippen molar-refractivity contribution in [1.82, 2.24) is 44.6 Å². The van der Waals surface area contributed by atoms with E-state index >= 15 is 0 Å². The number of alkyl halides is 2. The largest absolute Gasteiger partial charge is 0.349 e. The lowest BCUT2D eigenvalue weighted by atomic mass is 9.86. The van der Waals surface area contributed by atoms with E-state index in [0.29, 0.717) is 37.3 Å². The number of hydrogen-bond acceptors (Lipinski definition) is 8. The number of carbonyl (C=O) groups is 1. The third kappa shape index (κ3) is 10.5. The van der Waals surface area contributed by atoms with Crippen LogP contribution in [0.25, 0.3) is 0 Å². The van der Waals surface area contributed by atoms with Gasteiger partial charge in [0.15, 0.2) is 0 Å². The van der Waals surface area contributed by atoms with Crippen LogP contribution in [0, 0.1) is 19.6 Å². The first kappa shape index (κ1) is 24.1. The number of aryl methyl sites for hydroxylation is 2. The van der Waals surface area contributed by atoms with Crippen molar-refractivity contribution in [3.8, 4) is 0 Å². The maximum atomic E-state index is 13.9. The molecule has 1 saturated carbocycles. The molecule has 5 aliphatic rings. The number of nitrogens with two attached hydrogens (primary N) is 1. The Hall–Kier alpha value is -4.07. The third-order valence-electron chi connectivity index (χ3n) is 13.1. The van der Waals surface area contributed by atoms with E-state index in [0.717, 1.165) is 0 Å². The van der Waals surface area contributed by atoms with Gasteiger partial charge in [-0.1, -0.05) is 88.1 Å². The summed E-state index contributed by atoms with van der Waals surface area (Å²) >= 11 is 0. The lowest BCUT2D eigenvalue weighted by Crippen LogP contribution is -2.45. The van der Waals surface area contributed by atoms with Crippen LogP contribution in [0.5, 0.6) is 0 Å². The van der Waals surface area contributed by atoms with Gasteiger partial charge in [-0.3, -0.25) is 14.6 Å². The Bertz CT molecular complexity index is 3290. The Morgan fingerprint density at radius 2 is 1.16 bits per heavy atom. The Labute approximate surface area is 416 Å². The molecule has 0 spiro atoms. The molecule has 4 unspecified atom stereocenters. The van der Waals surface area contributed by atoms with Crippen molar-refractivity contribution < 1.29 is 49.2 Å². The van der Waals surface area contributed by atoms with Crippen molar-refractivity contribution in [3.05, 3.63) is 94.8 Å². The fourth-order valence-electron chi connectivity index (χ4n) is 9.95. The number of benzene rings is 2. The zero-order valence-corrected chi connectivity index (χ0v) is 36.5. The van der Waals surface area contributed by atoms with Crippen molar-refractivity contribution in [2.75, 3.05) is 13.0 Å². The minimum absolute atomic E-state index is 0.127. The molecule has 4 aromatic rings. The molecule has 5 fully saturated rings. The first-order chi connectivity index (χ1) is 41.0. The zero-order chi connectivity index (χ0) is 67.8. The molecule has 11 nitrogen and oxygen atoms in total. The number of amides is 1. The third-order valence-corrected chi connectivity index (χ3v) is 13.1. The fourth-order valence-corrected chi connectivity index (χ4v) is 9.95. The SMILES string of the molecule is [2H]c1c([2H])c([2H])c([C@@]([2H])(N)C([2H])([2H])C([2H])([2H])N2C3CCC2CC(n2c(C(C)C)nnc2C([2H])([2H])[2H])C3)c([2H])c1[2H].[2H]c1c([2H])c([2H])c([C@@]([2H])(NC(=O)C2CCC(F)(F)CC2)C([2H])([2H])C([2H])([2H])N2C3CCC2CC(n2c(C(C)C)nnc2C([2H])([2H])[2H])C3)c([2H])c1[2H]. The second-order valence-corrected chi connectivity index (χ2v) is 18.0. The van der Waals surface area contributed by atoms with Crippen LogP contribution in [-0.2, 0) is 4.79 Å². The zero-order valence-electron chi connectivity index (χ0n) is 62.5. The molecule has 4 aliphatic heterocycles. The molecule has 13 heteroatoms. The monoisotopic (exact) mass is 907 g/mol. The molecule has 6 atom stereocenters. The van der Waals surface area contributed by atoms with Crippen LogP contribution in [0.2, 0.25) is 0 Å². The molecule has 3 N–H and O–H groups in total. The molecule has 9 rings (SSSR count). The number of carbonyl (C=O) groups excluding carboxylic acids is 1. The summed E-state index contributed by atoms with van der Waals surface area (Å²) in [4.78, 5) is 16.2. The van der Waals surface area contributed by atoms with Gasteiger partial charge in [-0.05, 0) is 102 Å². The van der Waals surface area contributed by atoms with E-state index in [1.165, 1.54) is 9.80 Å². The molecule has 2 aromatic heterocycles. The number of nitrogens with zero attached hydrogens (tertiary/aromatic N) is 8. The highest BCUT2D eigenvalue weighted by atomic mass is 19.3. The van der Waals surface area contributed by atoms with Crippen LogP contribution < -0.4 is 11.1 Å². The number of aromatic nitrogens is 6. The second kappa shape index (κ2) is 20.2. The number of rotatable bonds is 14. The van der Waals surface area contributed by atoms with Crippen molar-refractivity contribution >= 4 is 5.91 Å². The molecule has 2 aromatic carbocycles. The maximum Gasteiger partial charge on any atom is 0.248 e. The van der Waals surface area contributed by atoms with E-state index in [2.05, 4.69) is 25.7 Å². The molecule has 0 radical (unpaired) electrons. The van der Waals surface area contributed by atoms with E-state index in [9.17, 15) is 20.4 Å². The maximum absolute atomic E-state index is 13.9. The van der Waals surface area contributed by atoms with Crippen molar-refractivity contribution in [1.29, 1.82) is 0 Å².